The van der Waals surface area contributed by atoms with Crippen molar-refractivity contribution in [3.05, 3.63) is 63.6 Å². The molecule has 29 heavy (non-hydrogen) atoms. The van der Waals surface area contributed by atoms with Crippen LogP contribution in [-0.4, -0.2) is 33.0 Å². The molecule has 0 spiro atoms. The number of benzene rings is 1. The average molecular weight is 396 g/mol. The number of nitrogen functional groups attached to an aromatic ring is 1. The van der Waals surface area contributed by atoms with E-state index in [1.165, 1.54) is 0 Å². The number of amides is 1. The lowest BCUT2D eigenvalue weighted by molar-refractivity contribution is -0.139. The van der Waals surface area contributed by atoms with Crippen LogP contribution in [0.5, 0.6) is 0 Å². The van der Waals surface area contributed by atoms with Crippen molar-refractivity contribution >= 4 is 28.6 Å². The van der Waals surface area contributed by atoms with E-state index in [2.05, 4.69) is 15.3 Å². The lowest BCUT2D eigenvalue weighted by atomic mass is 10.0. The van der Waals surface area contributed by atoms with Crippen LogP contribution in [0, 0.1) is 0 Å². The molecule has 3 rings (SSSR count). The summed E-state index contributed by atoms with van der Waals surface area (Å²) in [5.74, 6) is -1.13. The van der Waals surface area contributed by atoms with Gasteiger partial charge in [0.2, 0.25) is 0 Å². The summed E-state index contributed by atoms with van der Waals surface area (Å²) >= 11 is 0. The Kier molecular flexibility index (Phi) is 6.01. The van der Waals surface area contributed by atoms with Crippen LogP contribution < -0.4 is 16.6 Å². The molecule has 1 aromatic carbocycles. The lowest BCUT2D eigenvalue weighted by Gasteiger charge is -2.13. The number of carboxylic acid groups (broad SMARTS) is 1. The summed E-state index contributed by atoms with van der Waals surface area (Å²) in [6, 6.07) is 7.83. The first-order valence-electron chi connectivity index (χ1n) is 9.50. The van der Waals surface area contributed by atoms with Gasteiger partial charge in [0.15, 0.2) is 0 Å². The number of nitrogens with one attached hydrogen (secondary N) is 3. The number of hydrogen-bond acceptors (Lipinski definition) is 4. The van der Waals surface area contributed by atoms with Gasteiger partial charge < -0.3 is 26.1 Å². The number of aliphatic carboxylic acids is 1. The van der Waals surface area contributed by atoms with E-state index in [1.807, 2.05) is 19.1 Å². The Labute approximate surface area is 167 Å². The molecule has 6 N–H and O–H groups in total. The van der Waals surface area contributed by atoms with Crippen molar-refractivity contribution in [1.82, 2.24) is 15.3 Å². The van der Waals surface area contributed by atoms with Gasteiger partial charge in [-0.1, -0.05) is 25.5 Å². The predicted octanol–water partition coefficient (Wildman–Crippen LogP) is 2.21. The highest BCUT2D eigenvalue weighted by molar-refractivity contribution is 5.96. The molecule has 0 radical (unpaired) electrons. The zero-order chi connectivity index (χ0) is 21.0. The summed E-state index contributed by atoms with van der Waals surface area (Å²) in [6.45, 7) is 1.87. The number of aryl methyl sites for hydroxylation is 2. The van der Waals surface area contributed by atoms with Crippen LogP contribution in [0.4, 0.5) is 5.82 Å². The molecule has 152 valence electrons. The summed E-state index contributed by atoms with van der Waals surface area (Å²) < 4.78 is 0. The third-order valence-corrected chi connectivity index (χ3v) is 4.86. The van der Waals surface area contributed by atoms with Gasteiger partial charge in [-0.2, -0.15) is 0 Å². The summed E-state index contributed by atoms with van der Waals surface area (Å²) in [6.07, 6.45) is 4.19. The van der Waals surface area contributed by atoms with Gasteiger partial charge in [-0.3, -0.25) is 9.59 Å². The summed E-state index contributed by atoms with van der Waals surface area (Å²) in [4.78, 5) is 41.3. The normalized spacial score (nSPS) is 12.0. The van der Waals surface area contributed by atoms with Crippen LogP contribution >= 0.6 is 0 Å². The van der Waals surface area contributed by atoms with Gasteiger partial charge in [0.1, 0.15) is 11.9 Å². The zero-order valence-electron chi connectivity index (χ0n) is 16.1. The summed E-state index contributed by atoms with van der Waals surface area (Å²) in [5, 5.41) is 12.3. The minimum absolute atomic E-state index is 0.219. The number of anilines is 1. The maximum Gasteiger partial charge on any atom is 0.326 e. The monoisotopic (exact) mass is 396 g/mol. The number of fused-ring (bicyclic) bond motifs is 1. The molecule has 0 bridgehead atoms. The quantitative estimate of drug-likeness (QED) is 0.397. The van der Waals surface area contributed by atoms with Crippen molar-refractivity contribution < 1.29 is 14.7 Å². The number of carboxylic acids is 1. The molecule has 0 fully saturated rings. The van der Waals surface area contributed by atoms with Crippen LogP contribution in [0.25, 0.3) is 10.9 Å². The molecular formula is C21H24N4O4. The maximum absolute atomic E-state index is 12.3. The Bertz CT molecular complexity index is 1080. The van der Waals surface area contributed by atoms with E-state index in [1.54, 1.807) is 24.4 Å². The maximum atomic E-state index is 12.3. The van der Waals surface area contributed by atoms with Crippen molar-refractivity contribution in [1.29, 1.82) is 0 Å². The van der Waals surface area contributed by atoms with Crippen LogP contribution in [0.15, 0.2) is 41.3 Å². The molecule has 2 heterocycles. The second kappa shape index (κ2) is 8.64. The summed E-state index contributed by atoms with van der Waals surface area (Å²) in [7, 11) is 0. The van der Waals surface area contributed by atoms with Crippen LogP contribution in [-0.2, 0) is 17.6 Å². The number of hydrogen-bond donors (Lipinski definition) is 5. The smallest absolute Gasteiger partial charge is 0.326 e. The Morgan fingerprint density at radius 2 is 1.93 bits per heavy atom. The second-order valence-corrected chi connectivity index (χ2v) is 7.01. The molecule has 0 saturated heterocycles. The molecule has 8 heteroatoms. The van der Waals surface area contributed by atoms with Crippen LogP contribution in [0.3, 0.4) is 0 Å². The van der Waals surface area contributed by atoms with Crippen molar-refractivity contribution in [3.63, 3.8) is 0 Å². The largest absolute Gasteiger partial charge is 0.480 e. The molecule has 8 nitrogen and oxygen atoms in total. The SMILES string of the molecule is CCC[C@H](NC(=O)c1ccc(CCc2c[nH]c3cc(N)[nH]c(=O)c23)cc1)C(=O)O. The second-order valence-electron chi connectivity index (χ2n) is 7.01. The number of aromatic nitrogens is 2. The van der Waals surface area contributed by atoms with Gasteiger partial charge >= 0.3 is 5.97 Å². The molecular weight excluding hydrogens is 372 g/mol. The zero-order valence-corrected chi connectivity index (χ0v) is 16.1. The van der Waals surface area contributed by atoms with Crippen LogP contribution in [0.1, 0.15) is 41.3 Å². The third-order valence-electron chi connectivity index (χ3n) is 4.86. The van der Waals surface area contributed by atoms with E-state index in [9.17, 15) is 14.4 Å². The Morgan fingerprint density at radius 1 is 1.21 bits per heavy atom. The van der Waals surface area contributed by atoms with Crippen LogP contribution in [0.2, 0.25) is 0 Å². The van der Waals surface area contributed by atoms with Gasteiger partial charge in [0.05, 0.1) is 10.9 Å². The number of rotatable bonds is 8. The molecule has 3 aromatic rings. The number of carbonyl (C=O) groups is 2. The van der Waals surface area contributed by atoms with Crippen molar-refractivity contribution in [3.8, 4) is 0 Å². The standard InChI is InChI=1S/C21H24N4O4/c1-2-3-15(21(28)29)24-19(26)13-7-4-12(5-8-13)6-9-14-11-23-16-10-17(22)25-20(27)18(14)16/h4-5,7-8,10-11,15,23H,2-3,6,9H2,1H3,(H,24,26)(H,28,29)(H3,22,25,27)/t15-/m0/s1. The predicted molar refractivity (Wildman–Crippen MR) is 111 cm³/mol. The van der Waals surface area contributed by atoms with E-state index >= 15 is 0 Å². The number of aromatic amines is 2. The molecule has 1 atom stereocenters. The minimum Gasteiger partial charge on any atom is -0.480 e. The van der Waals surface area contributed by atoms with E-state index in [4.69, 9.17) is 10.8 Å². The Morgan fingerprint density at radius 3 is 2.59 bits per heavy atom. The molecule has 1 amide bonds. The highest BCUT2D eigenvalue weighted by Gasteiger charge is 2.19. The lowest BCUT2D eigenvalue weighted by Crippen LogP contribution is -2.40. The molecule has 0 saturated carbocycles. The van der Waals surface area contributed by atoms with Crippen molar-refractivity contribution in [2.75, 3.05) is 5.73 Å². The van der Waals surface area contributed by atoms with Gasteiger partial charge in [0, 0.05) is 17.8 Å². The first-order chi connectivity index (χ1) is 13.9. The first-order valence-corrected chi connectivity index (χ1v) is 9.50. The fourth-order valence-electron chi connectivity index (χ4n) is 3.34. The van der Waals surface area contributed by atoms with E-state index < -0.39 is 17.9 Å². The van der Waals surface area contributed by atoms with E-state index in [-0.39, 0.29) is 5.56 Å². The minimum atomic E-state index is -1.03. The average Bonchev–Trinajstić information content (AvgIpc) is 3.09. The highest BCUT2D eigenvalue weighted by atomic mass is 16.4. The molecule has 0 aliphatic carbocycles. The molecule has 2 aromatic heterocycles. The van der Waals surface area contributed by atoms with E-state index in [0.29, 0.717) is 48.0 Å². The van der Waals surface area contributed by atoms with Gasteiger partial charge in [-0.25, -0.2) is 4.79 Å². The third kappa shape index (κ3) is 4.66. The van der Waals surface area contributed by atoms with Crippen molar-refractivity contribution in [2.45, 2.75) is 38.6 Å². The molecule has 0 aliphatic heterocycles. The Balaban J connectivity index is 1.66. The van der Waals surface area contributed by atoms with Gasteiger partial charge in [-0.15, -0.1) is 0 Å². The number of H-pyrrole nitrogens is 2. The first kappa shape index (κ1) is 20.2. The van der Waals surface area contributed by atoms with Crippen molar-refractivity contribution in [2.24, 2.45) is 0 Å². The number of nitrogens with two attached hydrogens (primary N) is 1. The fraction of sp³-hybridized carbons (Fsp3) is 0.286. The fourth-order valence-corrected chi connectivity index (χ4v) is 3.34. The van der Waals surface area contributed by atoms with E-state index in [0.717, 1.165) is 11.1 Å². The highest BCUT2D eigenvalue weighted by Crippen LogP contribution is 2.18. The number of carbonyl (C=O) groups excluding carboxylic acids is 1. The Hall–Kier alpha value is -3.55. The van der Waals surface area contributed by atoms with Gasteiger partial charge in [0.25, 0.3) is 11.5 Å². The summed E-state index contributed by atoms with van der Waals surface area (Å²) in [5.41, 5.74) is 8.46. The topological polar surface area (TPSA) is 141 Å². The molecule has 0 unspecified atom stereocenters. The molecule has 0 aliphatic rings. The van der Waals surface area contributed by atoms with Gasteiger partial charge in [-0.05, 0) is 42.5 Å². The number of pyridine rings is 1.